The number of hydrogen-bond acceptors (Lipinski definition) is 3. The number of piperidine rings is 1. The van der Waals surface area contributed by atoms with E-state index in [1.54, 1.807) is 0 Å². The van der Waals surface area contributed by atoms with Crippen LogP contribution in [0.3, 0.4) is 0 Å². The van der Waals surface area contributed by atoms with Gasteiger partial charge in [-0.3, -0.25) is 10.2 Å². The van der Waals surface area contributed by atoms with Crippen molar-refractivity contribution in [1.29, 1.82) is 0 Å². The van der Waals surface area contributed by atoms with Gasteiger partial charge in [-0.15, -0.1) is 0 Å². The maximum atomic E-state index is 12.3. The van der Waals surface area contributed by atoms with E-state index in [4.69, 9.17) is 5.11 Å². The molecule has 20 heavy (non-hydrogen) atoms. The average Bonchev–Trinajstić information content (AvgIpc) is 2.31. The monoisotopic (exact) mass is 285 g/mol. The van der Waals surface area contributed by atoms with Gasteiger partial charge in [-0.2, -0.15) is 0 Å². The Labute approximate surface area is 121 Å². The molecule has 0 aromatic rings. The summed E-state index contributed by atoms with van der Waals surface area (Å²) < 4.78 is 0. The Morgan fingerprint density at radius 3 is 2.30 bits per heavy atom. The van der Waals surface area contributed by atoms with Gasteiger partial charge >= 0.3 is 12.0 Å². The molecule has 0 bridgehead atoms. The van der Waals surface area contributed by atoms with Crippen molar-refractivity contribution in [2.24, 2.45) is 5.92 Å². The molecule has 6 nitrogen and oxygen atoms in total. The number of urea groups is 1. The number of hydrazine groups is 1. The van der Waals surface area contributed by atoms with Gasteiger partial charge in [0.15, 0.2) is 0 Å². The highest BCUT2D eigenvalue weighted by Gasteiger charge is 2.28. The highest BCUT2D eigenvalue weighted by Crippen LogP contribution is 2.20. The summed E-state index contributed by atoms with van der Waals surface area (Å²) in [6.07, 6.45) is 3.26. The quantitative estimate of drug-likeness (QED) is 0.809. The van der Waals surface area contributed by atoms with Gasteiger partial charge in [0.25, 0.3) is 0 Å². The number of amides is 2. The Bertz CT molecular complexity index is 337. The summed E-state index contributed by atoms with van der Waals surface area (Å²) in [5.74, 6) is -0.753. The first-order valence-corrected chi connectivity index (χ1v) is 7.37. The molecule has 1 aliphatic heterocycles. The van der Waals surface area contributed by atoms with E-state index in [0.717, 1.165) is 12.8 Å². The van der Waals surface area contributed by atoms with E-state index in [1.807, 2.05) is 18.9 Å². The Balaban J connectivity index is 2.66. The Morgan fingerprint density at radius 2 is 1.85 bits per heavy atom. The summed E-state index contributed by atoms with van der Waals surface area (Å²) in [7, 11) is 0. The fourth-order valence-corrected chi connectivity index (χ4v) is 2.65. The van der Waals surface area contributed by atoms with Crippen molar-refractivity contribution < 1.29 is 14.7 Å². The zero-order valence-corrected chi connectivity index (χ0v) is 12.9. The number of hydrogen-bond donors (Lipinski definition) is 2. The Hall–Kier alpha value is -1.30. The second-order valence-corrected chi connectivity index (χ2v) is 6.12. The zero-order chi connectivity index (χ0) is 15.3. The molecule has 0 spiro atoms. The molecular weight excluding hydrogens is 258 g/mol. The first-order chi connectivity index (χ1) is 9.31. The van der Waals surface area contributed by atoms with E-state index in [0.29, 0.717) is 6.54 Å². The molecule has 2 atom stereocenters. The third-order valence-electron chi connectivity index (χ3n) is 3.62. The van der Waals surface area contributed by atoms with E-state index >= 15 is 0 Å². The van der Waals surface area contributed by atoms with Crippen LogP contribution in [0.1, 0.15) is 47.0 Å². The van der Waals surface area contributed by atoms with Gasteiger partial charge in [0.2, 0.25) is 0 Å². The number of carboxylic acids is 1. The second-order valence-electron chi connectivity index (χ2n) is 6.12. The molecule has 1 heterocycles. The van der Waals surface area contributed by atoms with E-state index in [1.165, 1.54) is 11.3 Å². The van der Waals surface area contributed by atoms with Gasteiger partial charge in [0, 0.05) is 18.6 Å². The fraction of sp³-hybridized carbons (Fsp3) is 0.857. The summed E-state index contributed by atoms with van der Waals surface area (Å²) in [6, 6.07) is 0.253. The minimum atomic E-state index is -0.986. The normalized spacial score (nSPS) is 23.6. The van der Waals surface area contributed by atoms with Crippen LogP contribution in [0.15, 0.2) is 0 Å². The standard InChI is InChI=1S/C14H27N3O3/c1-10(2)8-16(9-13(18)19)14(20)15-17-11(3)6-5-7-12(17)4/h10-12H,5-9H2,1-4H3,(H,15,20)(H,18,19). The van der Waals surface area contributed by atoms with Crippen molar-refractivity contribution in [2.45, 2.75) is 59.0 Å². The molecule has 6 heteroatoms. The summed E-state index contributed by atoms with van der Waals surface area (Å²) >= 11 is 0. The fourth-order valence-electron chi connectivity index (χ4n) is 2.65. The lowest BCUT2D eigenvalue weighted by Gasteiger charge is -2.39. The maximum absolute atomic E-state index is 12.3. The molecule has 1 fully saturated rings. The Morgan fingerprint density at radius 1 is 1.30 bits per heavy atom. The molecule has 2 unspecified atom stereocenters. The third-order valence-corrected chi connectivity index (χ3v) is 3.62. The topological polar surface area (TPSA) is 72.9 Å². The molecule has 2 N–H and O–H groups in total. The second kappa shape index (κ2) is 7.47. The number of rotatable bonds is 5. The van der Waals surface area contributed by atoms with E-state index in [9.17, 15) is 9.59 Å². The maximum Gasteiger partial charge on any atom is 0.332 e. The van der Waals surface area contributed by atoms with Crippen LogP contribution in [-0.2, 0) is 4.79 Å². The molecule has 0 radical (unpaired) electrons. The number of nitrogens with one attached hydrogen (secondary N) is 1. The molecule has 0 aromatic heterocycles. The SMILES string of the molecule is CC(C)CN(CC(=O)O)C(=O)NN1C(C)CCCC1C. The molecule has 2 amide bonds. The third kappa shape index (κ3) is 5.00. The van der Waals surface area contributed by atoms with Crippen molar-refractivity contribution in [2.75, 3.05) is 13.1 Å². The highest BCUT2D eigenvalue weighted by molar-refractivity contribution is 5.79. The van der Waals surface area contributed by atoms with Crippen LogP contribution in [0, 0.1) is 5.92 Å². The number of carbonyl (C=O) groups excluding carboxylic acids is 1. The predicted octanol–water partition coefficient (Wildman–Crippen LogP) is 1.92. The molecule has 116 valence electrons. The largest absolute Gasteiger partial charge is 0.480 e. The first kappa shape index (κ1) is 16.8. The number of carboxylic acid groups (broad SMARTS) is 1. The molecule has 0 aliphatic carbocycles. The first-order valence-electron chi connectivity index (χ1n) is 7.37. The van der Waals surface area contributed by atoms with Crippen LogP contribution in [0.25, 0.3) is 0 Å². The van der Waals surface area contributed by atoms with Crippen molar-refractivity contribution in [3.8, 4) is 0 Å². The van der Waals surface area contributed by atoms with Gasteiger partial charge in [0.05, 0.1) is 0 Å². The van der Waals surface area contributed by atoms with Gasteiger partial charge in [-0.25, -0.2) is 9.80 Å². The van der Waals surface area contributed by atoms with Gasteiger partial charge in [-0.1, -0.05) is 20.3 Å². The lowest BCUT2D eigenvalue weighted by molar-refractivity contribution is -0.137. The highest BCUT2D eigenvalue weighted by atomic mass is 16.4. The zero-order valence-electron chi connectivity index (χ0n) is 12.9. The molecule has 0 aromatic carbocycles. The summed E-state index contributed by atoms with van der Waals surface area (Å²) in [5, 5.41) is 10.9. The molecule has 1 saturated heterocycles. The number of aliphatic carboxylic acids is 1. The van der Waals surface area contributed by atoms with E-state index < -0.39 is 5.97 Å². The van der Waals surface area contributed by atoms with Crippen LogP contribution in [0.5, 0.6) is 0 Å². The number of carbonyl (C=O) groups is 2. The summed E-state index contributed by atoms with van der Waals surface area (Å²) in [6.45, 7) is 8.28. The van der Waals surface area contributed by atoms with E-state index in [2.05, 4.69) is 19.3 Å². The lowest BCUT2D eigenvalue weighted by atomic mass is 10.00. The van der Waals surface area contributed by atoms with Crippen LogP contribution in [0.2, 0.25) is 0 Å². The van der Waals surface area contributed by atoms with Crippen LogP contribution >= 0.6 is 0 Å². The molecule has 0 saturated carbocycles. The molecular formula is C14H27N3O3. The smallest absolute Gasteiger partial charge is 0.332 e. The van der Waals surface area contributed by atoms with Crippen molar-refractivity contribution in [1.82, 2.24) is 15.3 Å². The van der Waals surface area contributed by atoms with Crippen LogP contribution in [0.4, 0.5) is 4.79 Å². The van der Waals surface area contributed by atoms with Gasteiger partial charge in [-0.05, 0) is 32.6 Å². The Kier molecular flexibility index (Phi) is 6.26. The summed E-state index contributed by atoms with van der Waals surface area (Å²) in [5.41, 5.74) is 2.89. The predicted molar refractivity (Wildman–Crippen MR) is 77.2 cm³/mol. The van der Waals surface area contributed by atoms with Crippen LogP contribution < -0.4 is 5.43 Å². The van der Waals surface area contributed by atoms with Crippen molar-refractivity contribution in [3.05, 3.63) is 0 Å². The van der Waals surface area contributed by atoms with Crippen molar-refractivity contribution >= 4 is 12.0 Å². The molecule has 1 aliphatic rings. The average molecular weight is 285 g/mol. The minimum absolute atomic E-state index is 0.233. The van der Waals surface area contributed by atoms with Gasteiger partial charge in [0.1, 0.15) is 6.54 Å². The number of nitrogens with zero attached hydrogens (tertiary/aromatic N) is 2. The van der Waals surface area contributed by atoms with E-state index in [-0.39, 0.29) is 30.6 Å². The van der Waals surface area contributed by atoms with Crippen molar-refractivity contribution in [3.63, 3.8) is 0 Å². The van der Waals surface area contributed by atoms with Crippen LogP contribution in [-0.4, -0.2) is 52.2 Å². The minimum Gasteiger partial charge on any atom is -0.480 e. The lowest BCUT2D eigenvalue weighted by Crippen LogP contribution is -2.58. The van der Waals surface area contributed by atoms with Gasteiger partial charge < -0.3 is 10.0 Å². The molecule has 1 rings (SSSR count). The summed E-state index contributed by atoms with van der Waals surface area (Å²) in [4.78, 5) is 24.5.